The van der Waals surface area contributed by atoms with Gasteiger partial charge in [0.2, 0.25) is 5.88 Å². The number of Topliss-reactive ketones (excluding diaryl/α,β-unsaturated/α-hetero) is 1. The molecule has 1 aliphatic heterocycles. The van der Waals surface area contributed by atoms with Crippen molar-refractivity contribution in [1.82, 2.24) is 15.2 Å². The van der Waals surface area contributed by atoms with Crippen LogP contribution in [0.2, 0.25) is 5.02 Å². The van der Waals surface area contributed by atoms with Gasteiger partial charge in [-0.15, -0.1) is 0 Å². The van der Waals surface area contributed by atoms with Crippen molar-refractivity contribution in [2.45, 2.75) is 13.3 Å². The highest BCUT2D eigenvalue weighted by Gasteiger charge is 2.17. The van der Waals surface area contributed by atoms with Gasteiger partial charge >= 0.3 is 0 Å². The number of fused-ring (bicyclic) bond motifs is 1. The van der Waals surface area contributed by atoms with Gasteiger partial charge in [-0.3, -0.25) is 4.79 Å². The highest BCUT2D eigenvalue weighted by Crippen LogP contribution is 2.36. The number of nitrogens with zero attached hydrogens (tertiary/aromatic N) is 1. The van der Waals surface area contributed by atoms with Gasteiger partial charge in [-0.2, -0.15) is 0 Å². The molecule has 0 radical (unpaired) electrons. The van der Waals surface area contributed by atoms with Gasteiger partial charge in [0.25, 0.3) is 0 Å². The van der Waals surface area contributed by atoms with E-state index in [2.05, 4.69) is 15.2 Å². The molecule has 1 aromatic heterocycles. The Hall–Kier alpha value is -2.54. The minimum atomic E-state index is -0.198. The minimum absolute atomic E-state index is 0.129. The van der Waals surface area contributed by atoms with Gasteiger partial charge in [-0.25, -0.2) is 0 Å². The zero-order chi connectivity index (χ0) is 21.1. The lowest BCUT2D eigenvalue weighted by molar-refractivity contribution is 0.101. The molecule has 0 saturated carbocycles. The second kappa shape index (κ2) is 9.08. The Balaban J connectivity index is 1.44. The highest BCUT2D eigenvalue weighted by atomic mass is 35.5. The number of hydrogen-bond donors (Lipinski definition) is 3. The van der Waals surface area contributed by atoms with Crippen molar-refractivity contribution >= 4 is 28.3 Å². The second-order valence-electron chi connectivity index (χ2n) is 7.60. The van der Waals surface area contributed by atoms with Gasteiger partial charge in [-0.1, -0.05) is 23.7 Å². The number of ketones is 1. The summed E-state index contributed by atoms with van der Waals surface area (Å²) in [4.78, 5) is 17.2. The molecule has 0 atom stereocenters. The number of benzene rings is 2. The Morgan fingerprint density at radius 3 is 2.63 bits per heavy atom. The van der Waals surface area contributed by atoms with E-state index in [9.17, 15) is 9.90 Å². The minimum Gasteiger partial charge on any atom is -0.494 e. The lowest BCUT2D eigenvalue weighted by atomic mass is 10.0. The Morgan fingerprint density at radius 1 is 1.20 bits per heavy atom. The summed E-state index contributed by atoms with van der Waals surface area (Å²) in [6.07, 6.45) is 0.995. The number of nitrogens with one attached hydrogen (secondary N) is 2. The second-order valence-corrected chi connectivity index (χ2v) is 8.01. The van der Waals surface area contributed by atoms with E-state index < -0.39 is 0 Å². The SMILES string of the molecule is CC(=O)c1c(O)[nH]c2cc(Cl)c(-c3ccc(OCCCN4CCNCC4)cc3)cc12. The summed E-state index contributed by atoms with van der Waals surface area (Å²) in [5.41, 5.74) is 2.64. The molecule has 0 bridgehead atoms. The van der Waals surface area contributed by atoms with Gasteiger partial charge in [0.1, 0.15) is 5.75 Å². The van der Waals surface area contributed by atoms with Crippen molar-refractivity contribution in [3.63, 3.8) is 0 Å². The summed E-state index contributed by atoms with van der Waals surface area (Å²) in [6, 6.07) is 11.4. The molecule has 3 N–H and O–H groups in total. The van der Waals surface area contributed by atoms with Crippen LogP contribution in [0.4, 0.5) is 0 Å². The summed E-state index contributed by atoms with van der Waals surface area (Å²) in [7, 11) is 0. The molecule has 158 valence electrons. The Labute approximate surface area is 180 Å². The molecule has 1 fully saturated rings. The molecule has 0 aliphatic carbocycles. The molecule has 7 heteroatoms. The topological polar surface area (TPSA) is 77.6 Å². The van der Waals surface area contributed by atoms with Crippen LogP contribution in [-0.2, 0) is 0 Å². The van der Waals surface area contributed by atoms with E-state index >= 15 is 0 Å². The highest BCUT2D eigenvalue weighted by molar-refractivity contribution is 6.34. The third-order valence-corrected chi connectivity index (χ3v) is 5.79. The van der Waals surface area contributed by atoms with Crippen LogP contribution < -0.4 is 10.1 Å². The summed E-state index contributed by atoms with van der Waals surface area (Å²) in [5, 5.41) is 14.6. The molecule has 1 aliphatic rings. The number of H-pyrrole nitrogens is 1. The van der Waals surface area contributed by atoms with Crippen molar-refractivity contribution in [1.29, 1.82) is 0 Å². The number of hydrogen-bond acceptors (Lipinski definition) is 5. The fraction of sp³-hybridized carbons (Fsp3) is 0.348. The van der Waals surface area contributed by atoms with E-state index in [1.165, 1.54) is 6.92 Å². The summed E-state index contributed by atoms with van der Waals surface area (Å²) in [5.74, 6) is 0.492. The van der Waals surface area contributed by atoms with Gasteiger partial charge in [0.15, 0.2) is 5.78 Å². The molecule has 0 unspecified atom stereocenters. The fourth-order valence-electron chi connectivity index (χ4n) is 3.92. The third kappa shape index (κ3) is 4.46. The molecular weight excluding hydrogens is 402 g/mol. The Bertz CT molecular complexity index is 1040. The molecule has 3 aromatic rings. The Morgan fingerprint density at radius 2 is 1.93 bits per heavy atom. The first-order valence-corrected chi connectivity index (χ1v) is 10.6. The van der Waals surface area contributed by atoms with Gasteiger partial charge in [0.05, 0.1) is 22.7 Å². The van der Waals surface area contributed by atoms with Crippen LogP contribution in [0, 0.1) is 0 Å². The fourth-order valence-corrected chi connectivity index (χ4v) is 4.20. The third-order valence-electron chi connectivity index (χ3n) is 5.48. The zero-order valence-electron chi connectivity index (χ0n) is 17.0. The van der Waals surface area contributed by atoms with Crippen LogP contribution in [0.15, 0.2) is 36.4 Å². The monoisotopic (exact) mass is 427 g/mol. The number of halogens is 1. The molecule has 1 saturated heterocycles. The lowest BCUT2D eigenvalue weighted by Crippen LogP contribution is -2.43. The summed E-state index contributed by atoms with van der Waals surface area (Å²) < 4.78 is 5.88. The quantitative estimate of drug-likeness (QED) is 0.391. The first-order chi connectivity index (χ1) is 14.5. The molecule has 4 rings (SSSR count). The van der Waals surface area contributed by atoms with Crippen molar-refractivity contribution in [2.24, 2.45) is 0 Å². The maximum atomic E-state index is 11.9. The van der Waals surface area contributed by atoms with Crippen LogP contribution in [0.1, 0.15) is 23.7 Å². The number of ether oxygens (including phenoxy) is 1. The lowest BCUT2D eigenvalue weighted by Gasteiger charge is -2.26. The van der Waals surface area contributed by atoms with Crippen molar-refractivity contribution < 1.29 is 14.6 Å². The van der Waals surface area contributed by atoms with E-state index in [1.807, 2.05) is 30.3 Å². The van der Waals surface area contributed by atoms with Crippen LogP contribution >= 0.6 is 11.6 Å². The van der Waals surface area contributed by atoms with Gasteiger partial charge < -0.3 is 25.0 Å². The molecule has 6 nitrogen and oxygen atoms in total. The molecular formula is C23H26ClN3O3. The largest absolute Gasteiger partial charge is 0.494 e. The average molecular weight is 428 g/mol. The number of rotatable bonds is 7. The molecule has 30 heavy (non-hydrogen) atoms. The smallest absolute Gasteiger partial charge is 0.200 e. The van der Waals surface area contributed by atoms with Crippen LogP contribution in [0.5, 0.6) is 11.6 Å². The van der Waals surface area contributed by atoms with E-state index in [0.29, 0.717) is 22.5 Å². The molecule has 0 amide bonds. The number of aromatic nitrogens is 1. The van der Waals surface area contributed by atoms with Crippen molar-refractivity contribution in [2.75, 3.05) is 39.3 Å². The molecule has 2 heterocycles. The standard InChI is InChI=1S/C23H26ClN3O3/c1-15(28)22-19-13-18(20(24)14-21(19)26-23(22)29)16-3-5-17(6-4-16)30-12-2-9-27-10-7-25-8-11-27/h3-6,13-14,25-26,29H,2,7-12H2,1H3. The van der Waals surface area contributed by atoms with Gasteiger partial charge in [-0.05, 0) is 43.2 Å². The van der Waals surface area contributed by atoms with E-state index in [0.717, 1.165) is 56.0 Å². The maximum absolute atomic E-state index is 11.9. The molecule has 2 aromatic carbocycles. The zero-order valence-corrected chi connectivity index (χ0v) is 17.8. The summed E-state index contributed by atoms with van der Waals surface area (Å²) >= 11 is 6.47. The number of carbonyl (C=O) groups excluding carboxylic acids is 1. The predicted octanol–water partition coefficient (Wildman–Crippen LogP) is 4.07. The van der Waals surface area contributed by atoms with E-state index in [-0.39, 0.29) is 17.2 Å². The Kier molecular flexibility index (Phi) is 6.27. The number of aromatic amines is 1. The van der Waals surface area contributed by atoms with Gasteiger partial charge in [0, 0.05) is 43.7 Å². The summed E-state index contributed by atoms with van der Waals surface area (Å²) in [6.45, 7) is 7.50. The van der Waals surface area contributed by atoms with E-state index in [4.69, 9.17) is 16.3 Å². The van der Waals surface area contributed by atoms with Crippen molar-refractivity contribution in [3.8, 4) is 22.8 Å². The first-order valence-electron chi connectivity index (χ1n) is 10.2. The maximum Gasteiger partial charge on any atom is 0.200 e. The number of piperazine rings is 1. The van der Waals surface area contributed by atoms with Crippen LogP contribution in [-0.4, -0.2) is 60.1 Å². The number of aromatic hydroxyl groups is 1. The normalized spacial score (nSPS) is 14.9. The van der Waals surface area contributed by atoms with E-state index in [1.54, 1.807) is 6.07 Å². The average Bonchev–Trinajstić information content (AvgIpc) is 3.06. The van der Waals surface area contributed by atoms with Crippen LogP contribution in [0.25, 0.3) is 22.0 Å². The van der Waals surface area contributed by atoms with Crippen molar-refractivity contribution in [3.05, 3.63) is 47.0 Å². The van der Waals surface area contributed by atoms with Crippen LogP contribution in [0.3, 0.4) is 0 Å². The number of carbonyl (C=O) groups is 1. The predicted molar refractivity (Wildman–Crippen MR) is 120 cm³/mol. The molecule has 0 spiro atoms. The first kappa shape index (κ1) is 20.7.